The Hall–Kier alpha value is -1.79. The molecule has 1 amide bonds. The second kappa shape index (κ2) is 11.3. The van der Waals surface area contributed by atoms with Crippen LogP contribution in [0.2, 0.25) is 0 Å². The number of amides is 1. The fourth-order valence-corrected chi connectivity index (χ4v) is 2.70. The fourth-order valence-electron chi connectivity index (χ4n) is 2.70. The highest BCUT2D eigenvalue weighted by Gasteiger charge is 2.28. The van der Waals surface area contributed by atoms with Crippen molar-refractivity contribution in [3.63, 3.8) is 0 Å². The quantitative estimate of drug-likeness (QED) is 0.346. The highest BCUT2D eigenvalue weighted by molar-refractivity contribution is 14.0. The molecule has 28 heavy (non-hydrogen) atoms. The number of alkyl halides is 3. The number of halogens is 4. The van der Waals surface area contributed by atoms with Crippen LogP contribution in [-0.2, 0) is 11.3 Å². The molecule has 2 rings (SSSR count). The van der Waals surface area contributed by atoms with Crippen LogP contribution in [0.25, 0.3) is 0 Å². The Labute approximate surface area is 179 Å². The van der Waals surface area contributed by atoms with Crippen LogP contribution in [0.3, 0.4) is 0 Å². The maximum atomic E-state index is 12.2. The third kappa shape index (κ3) is 8.07. The number of nitrogens with one attached hydrogen (secondary N) is 2. The molecule has 1 aliphatic heterocycles. The maximum absolute atomic E-state index is 12.2. The average Bonchev–Trinajstić information content (AvgIpc) is 3.11. The summed E-state index contributed by atoms with van der Waals surface area (Å²) in [4.78, 5) is 21.5. The molecule has 0 spiro atoms. The molecule has 1 aromatic heterocycles. The summed E-state index contributed by atoms with van der Waals surface area (Å²) in [6, 6.07) is 3.23. The van der Waals surface area contributed by atoms with Crippen molar-refractivity contribution in [2.75, 3.05) is 26.7 Å². The standard InChI is InChI=1S/C17H24F3N5O2.HI/c1-3-15(26)25-7-5-13(10-25)24-16(21-2)23-9-12-4-6-22-14(8-12)27-11-17(18,19)20;/h4,6,8,13H,3,5,7,9-11H2,1-2H3,(H2,21,23,24);1H. The molecule has 11 heteroatoms. The van der Waals surface area contributed by atoms with E-state index in [-0.39, 0.29) is 41.8 Å². The van der Waals surface area contributed by atoms with Crippen LogP contribution in [0.5, 0.6) is 5.88 Å². The van der Waals surface area contributed by atoms with Crippen molar-refractivity contribution in [3.05, 3.63) is 23.9 Å². The lowest BCUT2D eigenvalue weighted by atomic mass is 10.2. The first-order valence-corrected chi connectivity index (χ1v) is 8.70. The largest absolute Gasteiger partial charge is 0.468 e. The first kappa shape index (κ1) is 24.2. The summed E-state index contributed by atoms with van der Waals surface area (Å²) in [7, 11) is 1.63. The lowest BCUT2D eigenvalue weighted by molar-refractivity contribution is -0.154. The van der Waals surface area contributed by atoms with E-state index in [1.807, 2.05) is 11.8 Å². The molecule has 0 bridgehead atoms. The molecule has 1 aromatic rings. The number of nitrogens with zero attached hydrogens (tertiary/aromatic N) is 3. The predicted molar refractivity (Wildman–Crippen MR) is 110 cm³/mol. The first-order chi connectivity index (χ1) is 12.8. The molecular formula is C17H25F3IN5O2. The molecule has 0 radical (unpaired) electrons. The van der Waals surface area contributed by atoms with Gasteiger partial charge < -0.3 is 20.3 Å². The zero-order valence-electron chi connectivity index (χ0n) is 15.8. The van der Waals surface area contributed by atoms with Gasteiger partial charge in [0.25, 0.3) is 0 Å². The zero-order chi connectivity index (χ0) is 19.9. The number of hydrogen-bond donors (Lipinski definition) is 2. The molecule has 0 aromatic carbocycles. The number of rotatable bonds is 6. The van der Waals surface area contributed by atoms with Crippen LogP contribution in [0.4, 0.5) is 13.2 Å². The topological polar surface area (TPSA) is 78.9 Å². The van der Waals surface area contributed by atoms with E-state index in [0.29, 0.717) is 37.6 Å². The highest BCUT2D eigenvalue weighted by Crippen LogP contribution is 2.17. The van der Waals surface area contributed by atoms with Gasteiger partial charge in [0.1, 0.15) is 0 Å². The molecule has 1 atom stereocenters. The highest BCUT2D eigenvalue weighted by atomic mass is 127. The maximum Gasteiger partial charge on any atom is 0.422 e. The van der Waals surface area contributed by atoms with Gasteiger partial charge in [0.2, 0.25) is 11.8 Å². The Kier molecular flexibility index (Phi) is 9.76. The summed E-state index contributed by atoms with van der Waals surface area (Å²) in [6.45, 7) is 2.14. The van der Waals surface area contributed by atoms with Crippen molar-refractivity contribution in [1.82, 2.24) is 20.5 Å². The van der Waals surface area contributed by atoms with Crippen molar-refractivity contribution in [2.24, 2.45) is 4.99 Å². The van der Waals surface area contributed by atoms with Crippen LogP contribution >= 0.6 is 24.0 Å². The van der Waals surface area contributed by atoms with E-state index in [9.17, 15) is 18.0 Å². The molecule has 1 aliphatic rings. The van der Waals surface area contributed by atoms with Gasteiger partial charge in [-0.2, -0.15) is 13.2 Å². The summed E-state index contributed by atoms with van der Waals surface area (Å²) in [5.41, 5.74) is 0.708. The fraction of sp³-hybridized carbons (Fsp3) is 0.588. The van der Waals surface area contributed by atoms with E-state index in [0.717, 1.165) is 6.42 Å². The molecule has 0 aliphatic carbocycles. The number of aromatic nitrogens is 1. The average molecular weight is 515 g/mol. The van der Waals surface area contributed by atoms with E-state index < -0.39 is 12.8 Å². The number of pyridine rings is 1. The molecule has 0 saturated carbocycles. The smallest absolute Gasteiger partial charge is 0.422 e. The molecule has 1 saturated heterocycles. The summed E-state index contributed by atoms with van der Waals surface area (Å²) in [5, 5.41) is 6.35. The Balaban J connectivity index is 0.00000392. The van der Waals surface area contributed by atoms with Crippen molar-refractivity contribution in [2.45, 2.75) is 38.5 Å². The summed E-state index contributed by atoms with van der Waals surface area (Å²) in [6.07, 6.45) is -1.70. The van der Waals surface area contributed by atoms with E-state index in [4.69, 9.17) is 0 Å². The number of guanidine groups is 1. The Morgan fingerprint density at radius 1 is 1.46 bits per heavy atom. The molecule has 2 N–H and O–H groups in total. The van der Waals surface area contributed by atoms with Gasteiger partial charge in [0.15, 0.2) is 12.6 Å². The SMILES string of the molecule is CCC(=O)N1CCC(NC(=NC)NCc2ccnc(OCC(F)(F)F)c2)C1.I. The minimum Gasteiger partial charge on any atom is -0.468 e. The van der Waals surface area contributed by atoms with Crippen LogP contribution < -0.4 is 15.4 Å². The summed E-state index contributed by atoms with van der Waals surface area (Å²) >= 11 is 0. The molecule has 1 unspecified atom stereocenters. The summed E-state index contributed by atoms with van der Waals surface area (Å²) in [5.74, 6) is 0.602. The molecular weight excluding hydrogens is 490 g/mol. The molecule has 2 heterocycles. The number of aliphatic imine (C=N–C) groups is 1. The Morgan fingerprint density at radius 3 is 2.86 bits per heavy atom. The Morgan fingerprint density at radius 2 is 2.21 bits per heavy atom. The van der Waals surface area contributed by atoms with Gasteiger partial charge in [-0.1, -0.05) is 6.92 Å². The van der Waals surface area contributed by atoms with E-state index in [1.54, 1.807) is 13.1 Å². The number of hydrogen-bond acceptors (Lipinski definition) is 4. The number of likely N-dealkylation sites (tertiary alicyclic amines) is 1. The van der Waals surface area contributed by atoms with Crippen molar-refractivity contribution in [1.29, 1.82) is 0 Å². The monoisotopic (exact) mass is 515 g/mol. The van der Waals surface area contributed by atoms with E-state index in [1.165, 1.54) is 12.3 Å². The van der Waals surface area contributed by atoms with Gasteiger partial charge in [0, 0.05) is 51.4 Å². The lowest BCUT2D eigenvalue weighted by Crippen LogP contribution is -2.44. The van der Waals surface area contributed by atoms with E-state index >= 15 is 0 Å². The lowest BCUT2D eigenvalue weighted by Gasteiger charge is -2.19. The molecule has 1 fully saturated rings. The third-order valence-electron chi connectivity index (χ3n) is 4.05. The van der Waals surface area contributed by atoms with Gasteiger partial charge in [-0.25, -0.2) is 4.98 Å². The second-order valence-corrected chi connectivity index (χ2v) is 6.16. The third-order valence-corrected chi connectivity index (χ3v) is 4.05. The number of ether oxygens (including phenoxy) is 1. The van der Waals surface area contributed by atoms with Crippen LogP contribution in [-0.4, -0.2) is 60.7 Å². The zero-order valence-corrected chi connectivity index (χ0v) is 18.1. The van der Waals surface area contributed by atoms with Crippen LogP contribution in [0.1, 0.15) is 25.3 Å². The van der Waals surface area contributed by atoms with Gasteiger partial charge >= 0.3 is 6.18 Å². The van der Waals surface area contributed by atoms with Crippen LogP contribution in [0.15, 0.2) is 23.3 Å². The van der Waals surface area contributed by atoms with Crippen molar-refractivity contribution < 1.29 is 22.7 Å². The summed E-state index contributed by atoms with van der Waals surface area (Å²) < 4.78 is 41.3. The Bertz CT molecular complexity index is 672. The second-order valence-electron chi connectivity index (χ2n) is 6.16. The predicted octanol–water partition coefficient (Wildman–Crippen LogP) is 2.32. The molecule has 7 nitrogen and oxygen atoms in total. The van der Waals surface area contributed by atoms with E-state index in [2.05, 4.69) is 25.3 Å². The number of carbonyl (C=O) groups is 1. The minimum absolute atomic E-state index is 0. The number of carbonyl (C=O) groups excluding carboxylic acids is 1. The molecule has 158 valence electrons. The van der Waals surface area contributed by atoms with Gasteiger partial charge in [0.05, 0.1) is 0 Å². The van der Waals surface area contributed by atoms with Gasteiger partial charge in [-0.05, 0) is 18.1 Å². The van der Waals surface area contributed by atoms with Crippen molar-refractivity contribution >= 4 is 35.8 Å². The van der Waals surface area contributed by atoms with Gasteiger partial charge in [-0.15, -0.1) is 24.0 Å². The first-order valence-electron chi connectivity index (χ1n) is 8.70. The van der Waals surface area contributed by atoms with Crippen LogP contribution in [0, 0.1) is 0 Å². The van der Waals surface area contributed by atoms with Gasteiger partial charge in [-0.3, -0.25) is 9.79 Å². The minimum atomic E-state index is -4.41. The normalized spacial score (nSPS) is 17.1. The van der Waals surface area contributed by atoms with Crippen molar-refractivity contribution in [3.8, 4) is 5.88 Å².